The van der Waals surface area contributed by atoms with Crippen LogP contribution in [0.5, 0.6) is 0 Å². The first-order valence-electron chi connectivity index (χ1n) is 7.42. The van der Waals surface area contributed by atoms with Crippen molar-refractivity contribution < 1.29 is 13.9 Å². The Kier molecular flexibility index (Phi) is 5.25. The van der Waals surface area contributed by atoms with E-state index in [0.717, 1.165) is 24.4 Å². The predicted octanol–water partition coefficient (Wildman–Crippen LogP) is 2.79. The van der Waals surface area contributed by atoms with Gasteiger partial charge in [0.05, 0.1) is 12.6 Å². The molecule has 1 amide bonds. The average Bonchev–Trinajstić information content (AvgIpc) is 3.04. The van der Waals surface area contributed by atoms with Gasteiger partial charge in [-0.05, 0) is 32.9 Å². The summed E-state index contributed by atoms with van der Waals surface area (Å²) in [5, 5.41) is 2.75. The van der Waals surface area contributed by atoms with Crippen molar-refractivity contribution in [1.29, 1.82) is 0 Å². The Labute approximate surface area is 130 Å². The monoisotopic (exact) mass is 305 g/mol. The number of imidazole rings is 1. The molecule has 0 saturated carbocycles. The zero-order valence-electron chi connectivity index (χ0n) is 13.3. The van der Waals surface area contributed by atoms with E-state index in [2.05, 4.69) is 14.9 Å². The molecule has 0 unspecified atom stereocenters. The molecule has 0 atom stereocenters. The first kappa shape index (κ1) is 16.1. The maximum absolute atomic E-state index is 11.6. The average molecular weight is 305 g/mol. The Bertz CT molecular complexity index is 582. The Balaban J connectivity index is 1.76. The van der Waals surface area contributed by atoms with Crippen LogP contribution in [0.2, 0.25) is 0 Å². The molecule has 0 aliphatic rings. The number of ether oxygens (including phenoxy) is 1. The van der Waals surface area contributed by atoms with E-state index in [-0.39, 0.29) is 0 Å². The van der Waals surface area contributed by atoms with Gasteiger partial charge in [0.2, 0.25) is 0 Å². The van der Waals surface area contributed by atoms with Crippen LogP contribution in [0.1, 0.15) is 32.2 Å². The largest absolute Gasteiger partial charge is 0.469 e. The van der Waals surface area contributed by atoms with Gasteiger partial charge in [-0.15, -0.1) is 0 Å². The van der Waals surface area contributed by atoms with Gasteiger partial charge in [-0.1, -0.05) is 0 Å². The fraction of sp³-hybridized carbons (Fsp3) is 0.500. The summed E-state index contributed by atoms with van der Waals surface area (Å²) in [5.74, 6) is 0.950. The van der Waals surface area contributed by atoms with Gasteiger partial charge in [0.25, 0.3) is 0 Å². The molecule has 2 heterocycles. The summed E-state index contributed by atoms with van der Waals surface area (Å²) < 4.78 is 12.6. The van der Waals surface area contributed by atoms with Crippen LogP contribution >= 0.6 is 0 Å². The van der Waals surface area contributed by atoms with Crippen LogP contribution in [0.4, 0.5) is 4.79 Å². The number of carbonyl (C=O) groups is 1. The second kappa shape index (κ2) is 7.15. The number of rotatable bonds is 6. The van der Waals surface area contributed by atoms with Crippen molar-refractivity contribution in [3.05, 3.63) is 42.4 Å². The summed E-state index contributed by atoms with van der Waals surface area (Å²) in [5.41, 5.74) is 0.595. The van der Waals surface area contributed by atoms with E-state index in [1.54, 1.807) is 12.6 Å². The van der Waals surface area contributed by atoms with E-state index in [0.29, 0.717) is 13.0 Å². The van der Waals surface area contributed by atoms with Gasteiger partial charge in [-0.25, -0.2) is 9.78 Å². The van der Waals surface area contributed by atoms with Crippen LogP contribution in [-0.2, 0) is 24.1 Å². The van der Waals surface area contributed by atoms with Gasteiger partial charge < -0.3 is 19.0 Å². The highest BCUT2D eigenvalue weighted by Crippen LogP contribution is 2.08. The summed E-state index contributed by atoms with van der Waals surface area (Å²) in [7, 11) is 0. The molecule has 1 N–H and O–H groups in total. The summed E-state index contributed by atoms with van der Waals surface area (Å²) in [4.78, 5) is 15.8. The molecule has 2 aromatic heterocycles. The molecule has 0 spiro atoms. The number of furan rings is 1. The number of alkyl carbamates (subject to hydrolysis) is 1. The minimum atomic E-state index is -0.477. The van der Waals surface area contributed by atoms with Crippen LogP contribution in [0, 0.1) is 0 Å². The second-order valence-corrected chi connectivity index (χ2v) is 6.09. The topological polar surface area (TPSA) is 69.3 Å². The number of hydrogen-bond donors (Lipinski definition) is 1. The standard InChI is InChI=1S/C16H23N3O3/c1-16(2,3)22-15(20)18-8-6-13-11-17-12-19(13)9-7-14-5-4-10-21-14/h4-5,10-12H,6-9H2,1-3H3,(H,18,20). The fourth-order valence-electron chi connectivity index (χ4n) is 2.05. The molecule has 0 aliphatic carbocycles. The van der Waals surface area contributed by atoms with Gasteiger partial charge in [0.1, 0.15) is 11.4 Å². The van der Waals surface area contributed by atoms with Gasteiger partial charge in [-0.3, -0.25) is 0 Å². The van der Waals surface area contributed by atoms with Crippen LogP contribution in [-0.4, -0.2) is 27.8 Å². The molecule has 0 radical (unpaired) electrons. The van der Waals surface area contributed by atoms with E-state index >= 15 is 0 Å². The lowest BCUT2D eigenvalue weighted by Crippen LogP contribution is -2.33. The van der Waals surface area contributed by atoms with E-state index in [9.17, 15) is 4.79 Å². The van der Waals surface area contributed by atoms with E-state index < -0.39 is 11.7 Å². The van der Waals surface area contributed by atoms with Crippen LogP contribution in [0.25, 0.3) is 0 Å². The lowest BCUT2D eigenvalue weighted by atomic mass is 10.2. The summed E-state index contributed by atoms with van der Waals surface area (Å²) in [6.45, 7) is 6.85. The maximum Gasteiger partial charge on any atom is 0.407 e. The molecular weight excluding hydrogens is 282 g/mol. The first-order chi connectivity index (χ1) is 10.4. The number of nitrogens with zero attached hydrogens (tertiary/aromatic N) is 2. The molecule has 0 saturated heterocycles. The molecule has 0 aliphatic heterocycles. The third-order valence-corrected chi connectivity index (χ3v) is 3.03. The number of hydrogen-bond acceptors (Lipinski definition) is 4. The highest BCUT2D eigenvalue weighted by Gasteiger charge is 2.15. The number of carbonyl (C=O) groups excluding carboxylic acids is 1. The number of aromatic nitrogens is 2. The zero-order valence-corrected chi connectivity index (χ0v) is 13.3. The second-order valence-electron chi connectivity index (χ2n) is 6.09. The maximum atomic E-state index is 11.6. The van der Waals surface area contributed by atoms with Crippen molar-refractivity contribution in [1.82, 2.24) is 14.9 Å². The SMILES string of the molecule is CC(C)(C)OC(=O)NCCc1cncn1CCc1ccco1. The van der Waals surface area contributed by atoms with Crippen molar-refractivity contribution in [2.24, 2.45) is 0 Å². The van der Waals surface area contributed by atoms with Crippen LogP contribution in [0.15, 0.2) is 35.3 Å². The number of amides is 1. The zero-order chi connectivity index (χ0) is 16.0. The molecule has 0 bridgehead atoms. The Morgan fingerprint density at radius 2 is 2.23 bits per heavy atom. The van der Waals surface area contributed by atoms with Gasteiger partial charge >= 0.3 is 6.09 Å². The third-order valence-electron chi connectivity index (χ3n) is 3.03. The van der Waals surface area contributed by atoms with Crippen molar-refractivity contribution in [3.8, 4) is 0 Å². The summed E-state index contributed by atoms with van der Waals surface area (Å²) in [6.07, 6.45) is 6.42. The van der Waals surface area contributed by atoms with Crippen LogP contribution in [0.3, 0.4) is 0 Å². The Hall–Kier alpha value is -2.24. The molecule has 0 aromatic carbocycles. The van der Waals surface area contributed by atoms with Crippen molar-refractivity contribution in [3.63, 3.8) is 0 Å². The normalized spacial score (nSPS) is 11.4. The third kappa shape index (κ3) is 5.27. The van der Waals surface area contributed by atoms with Crippen molar-refractivity contribution in [2.45, 2.75) is 45.8 Å². The molecule has 2 rings (SSSR count). The summed E-state index contributed by atoms with van der Waals surface area (Å²) >= 11 is 0. The van der Waals surface area contributed by atoms with Gasteiger partial charge in [-0.2, -0.15) is 0 Å². The van der Waals surface area contributed by atoms with Crippen LogP contribution < -0.4 is 5.32 Å². The fourth-order valence-corrected chi connectivity index (χ4v) is 2.05. The Morgan fingerprint density at radius 1 is 1.41 bits per heavy atom. The predicted molar refractivity (Wildman–Crippen MR) is 82.6 cm³/mol. The van der Waals surface area contributed by atoms with Crippen molar-refractivity contribution >= 4 is 6.09 Å². The quantitative estimate of drug-likeness (QED) is 0.891. The molecule has 6 nitrogen and oxygen atoms in total. The molecular formula is C16H23N3O3. The molecule has 2 aromatic rings. The molecule has 0 fully saturated rings. The first-order valence-corrected chi connectivity index (χ1v) is 7.42. The minimum Gasteiger partial charge on any atom is -0.469 e. The van der Waals surface area contributed by atoms with E-state index in [4.69, 9.17) is 9.15 Å². The van der Waals surface area contributed by atoms with Crippen molar-refractivity contribution in [2.75, 3.05) is 6.54 Å². The smallest absolute Gasteiger partial charge is 0.407 e. The number of aryl methyl sites for hydroxylation is 2. The molecule has 6 heteroatoms. The number of nitrogens with one attached hydrogen (secondary N) is 1. The summed E-state index contributed by atoms with van der Waals surface area (Å²) in [6, 6.07) is 3.84. The van der Waals surface area contributed by atoms with E-state index in [1.807, 2.05) is 39.1 Å². The minimum absolute atomic E-state index is 0.394. The van der Waals surface area contributed by atoms with E-state index in [1.165, 1.54) is 0 Å². The lowest BCUT2D eigenvalue weighted by Gasteiger charge is -2.19. The Morgan fingerprint density at radius 3 is 2.91 bits per heavy atom. The lowest BCUT2D eigenvalue weighted by molar-refractivity contribution is 0.0528. The van der Waals surface area contributed by atoms with Gasteiger partial charge in [0, 0.05) is 37.8 Å². The molecule has 22 heavy (non-hydrogen) atoms. The van der Waals surface area contributed by atoms with Gasteiger partial charge in [0.15, 0.2) is 0 Å². The highest BCUT2D eigenvalue weighted by molar-refractivity contribution is 5.67. The highest BCUT2D eigenvalue weighted by atomic mass is 16.6. The molecule has 120 valence electrons.